The van der Waals surface area contributed by atoms with Gasteiger partial charge in [0.1, 0.15) is 13.2 Å². The molecule has 0 spiro atoms. The zero-order chi connectivity index (χ0) is 57.6. The molecule has 0 aliphatic heterocycles. The van der Waals surface area contributed by atoms with Crippen LogP contribution in [0.25, 0.3) is 0 Å². The van der Waals surface area contributed by atoms with Gasteiger partial charge in [0, 0.05) is 12.8 Å². The summed E-state index contributed by atoms with van der Waals surface area (Å²) in [5.74, 6) is -2.39. The first-order valence-corrected chi connectivity index (χ1v) is 33.1. The van der Waals surface area contributed by atoms with E-state index >= 15 is 0 Å². The van der Waals surface area contributed by atoms with Crippen molar-refractivity contribution in [3.63, 3.8) is 0 Å². The van der Waals surface area contributed by atoms with Crippen LogP contribution in [0.1, 0.15) is 296 Å². The Kier molecular flexibility index (Phi) is 58.3. The highest BCUT2D eigenvalue weighted by Gasteiger charge is 2.22. The highest BCUT2D eigenvalue weighted by atomic mass is 16.7. The molecule has 0 saturated carbocycles. The van der Waals surface area contributed by atoms with E-state index in [-0.39, 0.29) is 38.6 Å². The van der Waals surface area contributed by atoms with Gasteiger partial charge in [-0.05, 0) is 51.4 Å². The third kappa shape index (κ3) is 62.2. The Labute approximate surface area is 487 Å². The zero-order valence-electron chi connectivity index (χ0n) is 52.2. The number of unbranched alkanes of at least 4 members (excludes halogenated alkanes) is 34. The van der Waals surface area contributed by atoms with Gasteiger partial charge in [0.15, 0.2) is 12.4 Å². The molecular formula is C70H125NO8. The summed E-state index contributed by atoms with van der Waals surface area (Å²) in [4.78, 5) is 37.3. The lowest BCUT2D eigenvalue weighted by molar-refractivity contribution is -0.870. The van der Waals surface area contributed by atoms with Gasteiger partial charge in [-0.2, -0.15) is 0 Å². The van der Waals surface area contributed by atoms with Gasteiger partial charge in [-0.25, -0.2) is 0 Å². The monoisotopic (exact) mass is 1110 g/mol. The number of rotatable bonds is 61. The molecule has 9 nitrogen and oxygen atoms in total. The van der Waals surface area contributed by atoms with Crippen molar-refractivity contribution in [3.8, 4) is 0 Å². The number of nitrogens with zero attached hydrogens (tertiary/aromatic N) is 1. The van der Waals surface area contributed by atoms with Gasteiger partial charge < -0.3 is 33.3 Å². The molecule has 0 fully saturated rings. The quantitative estimate of drug-likeness (QED) is 0.0195. The van der Waals surface area contributed by atoms with Crippen LogP contribution in [0, 0.1) is 0 Å². The molecule has 2 atom stereocenters. The molecule has 0 aromatic rings. The summed E-state index contributed by atoms with van der Waals surface area (Å²) >= 11 is 0. The van der Waals surface area contributed by atoms with E-state index in [1.54, 1.807) is 0 Å². The maximum atomic E-state index is 12.8. The zero-order valence-corrected chi connectivity index (χ0v) is 52.2. The second-order valence-electron chi connectivity index (χ2n) is 23.4. The number of carbonyl (C=O) groups is 3. The first-order valence-electron chi connectivity index (χ1n) is 33.1. The molecule has 0 rings (SSSR count). The van der Waals surface area contributed by atoms with Crippen molar-refractivity contribution in [2.45, 2.75) is 309 Å². The predicted octanol–water partition coefficient (Wildman–Crippen LogP) is 18.8. The highest BCUT2D eigenvalue weighted by Crippen LogP contribution is 2.18. The Morgan fingerprint density at radius 3 is 1.05 bits per heavy atom. The predicted molar refractivity (Wildman–Crippen MR) is 334 cm³/mol. The van der Waals surface area contributed by atoms with Gasteiger partial charge in [0.2, 0.25) is 0 Å². The van der Waals surface area contributed by atoms with Gasteiger partial charge >= 0.3 is 11.9 Å². The average molecular weight is 1110 g/mol. The van der Waals surface area contributed by atoms with Gasteiger partial charge in [-0.3, -0.25) is 9.59 Å². The Morgan fingerprint density at radius 2 is 0.722 bits per heavy atom. The number of allylic oxidation sites excluding steroid dienone is 12. The molecule has 0 aliphatic carbocycles. The summed E-state index contributed by atoms with van der Waals surface area (Å²) in [5, 5.41) is 11.8. The van der Waals surface area contributed by atoms with E-state index in [9.17, 15) is 19.5 Å². The Balaban J connectivity index is 4.08. The summed E-state index contributed by atoms with van der Waals surface area (Å²) in [6, 6.07) is 0. The number of hydrogen-bond acceptors (Lipinski definition) is 8. The summed E-state index contributed by atoms with van der Waals surface area (Å²) in [7, 11) is 5.90. The maximum absolute atomic E-state index is 12.8. The van der Waals surface area contributed by atoms with E-state index < -0.39 is 24.3 Å². The fraction of sp³-hybridized carbons (Fsp3) is 0.786. The highest BCUT2D eigenvalue weighted by molar-refractivity contribution is 5.70. The van der Waals surface area contributed by atoms with Crippen molar-refractivity contribution in [1.29, 1.82) is 0 Å². The number of carboxylic acid groups (broad SMARTS) is 1. The van der Waals surface area contributed by atoms with E-state index in [4.69, 9.17) is 18.9 Å². The maximum Gasteiger partial charge on any atom is 0.306 e. The van der Waals surface area contributed by atoms with Crippen LogP contribution in [0.2, 0.25) is 0 Å². The van der Waals surface area contributed by atoms with E-state index in [0.29, 0.717) is 17.4 Å². The number of quaternary nitrogens is 1. The number of likely N-dealkylation sites (N-methyl/N-ethyl adjacent to an activating group) is 1. The van der Waals surface area contributed by atoms with Crippen molar-refractivity contribution in [2.75, 3.05) is 47.5 Å². The number of aliphatic carboxylic acids is 1. The lowest BCUT2D eigenvalue weighted by Crippen LogP contribution is -2.44. The molecule has 0 N–H and O–H groups in total. The molecule has 0 bridgehead atoms. The lowest BCUT2D eigenvalue weighted by Gasteiger charge is -2.26. The summed E-state index contributed by atoms with van der Waals surface area (Å²) in [5.41, 5.74) is 0. The van der Waals surface area contributed by atoms with Crippen molar-refractivity contribution in [1.82, 2.24) is 0 Å². The van der Waals surface area contributed by atoms with Gasteiger partial charge in [-0.15, -0.1) is 0 Å². The van der Waals surface area contributed by atoms with E-state index in [1.165, 1.54) is 205 Å². The molecule has 2 unspecified atom stereocenters. The topological polar surface area (TPSA) is 111 Å². The van der Waals surface area contributed by atoms with Crippen molar-refractivity contribution >= 4 is 17.9 Å². The first kappa shape index (κ1) is 75.7. The average Bonchev–Trinajstić information content (AvgIpc) is 3.42. The molecule has 0 aliphatic rings. The van der Waals surface area contributed by atoms with E-state index in [2.05, 4.69) is 74.6 Å². The Hall–Kier alpha value is -3.27. The summed E-state index contributed by atoms with van der Waals surface area (Å²) in [6.07, 6.45) is 77.4. The molecule has 9 heteroatoms. The molecule has 0 amide bonds. The standard InChI is InChI=1S/C70H125NO8/c1-6-8-10-12-14-16-18-20-22-24-26-27-28-29-30-31-32-33-34-35-36-37-38-39-40-41-43-44-46-48-50-52-54-56-58-60-67(72)77-64-66(65-78-70(69(74)75)76-63-62-71(3,4)5)79-68(73)61-59-57-55-53-51-49-47-45-42-25-23-21-19-17-15-13-11-9-7-2/h9,11,15,17,21,23,42,45,49,51,55,57,66,70H,6-8,10,12-14,16,18-20,22,24-41,43-44,46-48,50,52-54,56,58-65H2,1-5H3/b11-9-,17-15-,23-21-,45-42-,51-49-,57-55-. The molecule has 0 saturated heterocycles. The molecule has 0 aromatic carbocycles. The minimum Gasteiger partial charge on any atom is -0.545 e. The Bertz CT molecular complexity index is 1520. The molecule has 79 heavy (non-hydrogen) atoms. The number of carbonyl (C=O) groups excluding carboxylic acids is 3. The van der Waals surface area contributed by atoms with Gasteiger partial charge in [-0.1, -0.05) is 305 Å². The van der Waals surface area contributed by atoms with Crippen LogP contribution in [0.15, 0.2) is 72.9 Å². The fourth-order valence-corrected chi connectivity index (χ4v) is 9.45. The van der Waals surface area contributed by atoms with E-state index in [1.807, 2.05) is 33.3 Å². The van der Waals surface area contributed by atoms with Crippen LogP contribution in [-0.2, 0) is 33.3 Å². The summed E-state index contributed by atoms with van der Waals surface area (Å²) < 4.78 is 22.6. The third-order valence-electron chi connectivity index (χ3n) is 14.5. The second-order valence-corrected chi connectivity index (χ2v) is 23.4. The van der Waals surface area contributed by atoms with Crippen LogP contribution in [0.4, 0.5) is 0 Å². The Morgan fingerprint density at radius 1 is 0.392 bits per heavy atom. The van der Waals surface area contributed by atoms with Crippen LogP contribution in [0.3, 0.4) is 0 Å². The number of hydrogen-bond donors (Lipinski definition) is 0. The van der Waals surface area contributed by atoms with Crippen molar-refractivity contribution in [3.05, 3.63) is 72.9 Å². The largest absolute Gasteiger partial charge is 0.545 e. The lowest BCUT2D eigenvalue weighted by atomic mass is 10.0. The van der Waals surface area contributed by atoms with Gasteiger partial charge in [0.25, 0.3) is 0 Å². The molecule has 0 heterocycles. The number of ether oxygens (including phenoxy) is 4. The normalized spacial score (nSPS) is 13.2. The van der Waals surface area contributed by atoms with Crippen LogP contribution in [-0.4, -0.2) is 82.3 Å². The van der Waals surface area contributed by atoms with E-state index in [0.717, 1.165) is 57.8 Å². The van der Waals surface area contributed by atoms with Crippen LogP contribution < -0.4 is 5.11 Å². The van der Waals surface area contributed by atoms with Crippen LogP contribution in [0.5, 0.6) is 0 Å². The number of carboxylic acids is 1. The first-order chi connectivity index (χ1) is 38.6. The molecule has 0 radical (unpaired) electrons. The minimum atomic E-state index is -1.64. The minimum absolute atomic E-state index is 0.121. The van der Waals surface area contributed by atoms with Gasteiger partial charge in [0.05, 0.1) is 40.3 Å². The molecule has 0 aromatic heterocycles. The van der Waals surface area contributed by atoms with Crippen molar-refractivity contribution < 1.29 is 42.9 Å². The smallest absolute Gasteiger partial charge is 0.306 e. The van der Waals surface area contributed by atoms with Crippen molar-refractivity contribution in [2.24, 2.45) is 0 Å². The number of esters is 2. The van der Waals surface area contributed by atoms with Crippen LogP contribution >= 0.6 is 0 Å². The SMILES string of the molecule is CC/C=C\C/C=C\C/C=C\C/C=C\C/C=C\C/C=C\CCC(=O)OC(COC(=O)CCCCCCCCCCCCCCCCCCCCCCCCCCCCCCCCCCCCC)COC(OCC[N+](C)(C)C)C(=O)[O-]. The molecular weight excluding hydrogens is 983 g/mol. The third-order valence-corrected chi connectivity index (χ3v) is 14.5. The second kappa shape index (κ2) is 60.8. The summed E-state index contributed by atoms with van der Waals surface area (Å²) in [6.45, 7) is 4.58. The molecule has 458 valence electrons. The fourth-order valence-electron chi connectivity index (χ4n) is 9.45.